The van der Waals surface area contributed by atoms with Crippen molar-refractivity contribution in [1.82, 2.24) is 15.0 Å². The van der Waals surface area contributed by atoms with Crippen LogP contribution >= 0.6 is 0 Å². The Morgan fingerprint density at radius 2 is 2.29 bits per heavy atom. The number of carbonyl (C=O) groups is 1. The molecule has 2 aromatic rings. The first-order valence-corrected chi connectivity index (χ1v) is 6.18. The van der Waals surface area contributed by atoms with E-state index in [0.29, 0.717) is 13.1 Å². The standard InChI is InChI=1S/C12H14N6O3/c1-8-2-3-9(11(6-8)18(20)21)14-12(19)10-7-17(5-4-13)16-15-10/h2-3,6-7H,4-5,13H2,1H3,(H,14,19). The number of nitrogens with one attached hydrogen (secondary N) is 1. The Hall–Kier alpha value is -2.81. The Kier molecular flexibility index (Phi) is 4.24. The SMILES string of the molecule is Cc1ccc(NC(=O)c2cn(CCN)nn2)c([N+](=O)[O-])c1. The van der Waals surface area contributed by atoms with Gasteiger partial charge in [-0.1, -0.05) is 11.3 Å². The van der Waals surface area contributed by atoms with Crippen molar-refractivity contribution in [3.63, 3.8) is 0 Å². The van der Waals surface area contributed by atoms with Crippen molar-refractivity contribution in [1.29, 1.82) is 0 Å². The number of anilines is 1. The highest BCUT2D eigenvalue weighted by atomic mass is 16.6. The molecule has 0 fully saturated rings. The van der Waals surface area contributed by atoms with Crippen LogP contribution in [0.5, 0.6) is 0 Å². The first kappa shape index (κ1) is 14.6. The summed E-state index contributed by atoms with van der Waals surface area (Å²) >= 11 is 0. The van der Waals surface area contributed by atoms with Gasteiger partial charge >= 0.3 is 0 Å². The van der Waals surface area contributed by atoms with Gasteiger partial charge in [0.05, 0.1) is 17.7 Å². The van der Waals surface area contributed by atoms with E-state index in [4.69, 9.17) is 5.73 Å². The molecule has 1 amide bonds. The summed E-state index contributed by atoms with van der Waals surface area (Å²) in [4.78, 5) is 22.5. The molecule has 3 N–H and O–H groups in total. The Morgan fingerprint density at radius 1 is 1.52 bits per heavy atom. The quantitative estimate of drug-likeness (QED) is 0.616. The van der Waals surface area contributed by atoms with Gasteiger partial charge in [0.25, 0.3) is 11.6 Å². The average molecular weight is 290 g/mol. The van der Waals surface area contributed by atoms with Crippen molar-refractivity contribution < 1.29 is 9.72 Å². The first-order valence-electron chi connectivity index (χ1n) is 6.18. The predicted octanol–water partition coefficient (Wildman–Crippen LogP) is 0.706. The number of amides is 1. The van der Waals surface area contributed by atoms with Crippen LogP contribution in [0.2, 0.25) is 0 Å². The zero-order valence-corrected chi connectivity index (χ0v) is 11.3. The van der Waals surface area contributed by atoms with Crippen LogP contribution in [-0.4, -0.2) is 32.4 Å². The molecule has 0 radical (unpaired) electrons. The molecule has 0 aliphatic carbocycles. The van der Waals surface area contributed by atoms with Crippen LogP contribution in [0.1, 0.15) is 16.1 Å². The van der Waals surface area contributed by atoms with Crippen LogP contribution in [-0.2, 0) is 6.54 Å². The van der Waals surface area contributed by atoms with Crippen molar-refractivity contribution in [3.05, 3.63) is 45.8 Å². The maximum atomic E-state index is 12.0. The number of aryl methyl sites for hydroxylation is 1. The normalized spacial score (nSPS) is 10.4. The van der Waals surface area contributed by atoms with Gasteiger partial charge in [-0.3, -0.25) is 19.6 Å². The van der Waals surface area contributed by atoms with E-state index in [9.17, 15) is 14.9 Å². The minimum atomic E-state index is -0.565. The molecular weight excluding hydrogens is 276 g/mol. The van der Waals surface area contributed by atoms with Crippen LogP contribution in [0.4, 0.5) is 11.4 Å². The monoisotopic (exact) mass is 290 g/mol. The Morgan fingerprint density at radius 3 is 2.95 bits per heavy atom. The molecule has 9 nitrogen and oxygen atoms in total. The molecule has 21 heavy (non-hydrogen) atoms. The number of hydrogen-bond acceptors (Lipinski definition) is 6. The molecule has 0 atom stereocenters. The molecule has 0 unspecified atom stereocenters. The van der Waals surface area contributed by atoms with E-state index in [1.165, 1.54) is 23.0 Å². The zero-order chi connectivity index (χ0) is 15.4. The van der Waals surface area contributed by atoms with E-state index in [1.54, 1.807) is 13.0 Å². The summed E-state index contributed by atoms with van der Waals surface area (Å²) in [5, 5.41) is 20.9. The van der Waals surface area contributed by atoms with Crippen LogP contribution in [0, 0.1) is 17.0 Å². The number of nitrogens with zero attached hydrogens (tertiary/aromatic N) is 4. The Bertz CT molecular complexity index is 681. The third kappa shape index (κ3) is 3.39. The number of rotatable bonds is 5. The van der Waals surface area contributed by atoms with Crippen molar-refractivity contribution in [3.8, 4) is 0 Å². The van der Waals surface area contributed by atoms with E-state index in [1.807, 2.05) is 0 Å². The molecule has 1 aromatic heterocycles. The summed E-state index contributed by atoms with van der Waals surface area (Å²) in [6.45, 7) is 2.54. The molecule has 0 aliphatic heterocycles. The maximum absolute atomic E-state index is 12.0. The Labute approximate surface area is 119 Å². The summed E-state index contributed by atoms with van der Waals surface area (Å²) in [7, 11) is 0. The first-order chi connectivity index (χ1) is 10.0. The summed E-state index contributed by atoms with van der Waals surface area (Å²) in [6.07, 6.45) is 1.43. The van der Waals surface area contributed by atoms with Gasteiger partial charge in [-0.2, -0.15) is 0 Å². The molecule has 0 bridgehead atoms. The van der Waals surface area contributed by atoms with Gasteiger partial charge in [0.15, 0.2) is 5.69 Å². The van der Waals surface area contributed by atoms with Gasteiger partial charge < -0.3 is 11.1 Å². The van der Waals surface area contributed by atoms with E-state index in [2.05, 4.69) is 15.6 Å². The fourth-order valence-electron chi connectivity index (χ4n) is 1.73. The summed E-state index contributed by atoms with van der Waals surface area (Å²) in [5.41, 5.74) is 6.12. The number of aromatic nitrogens is 3. The number of nitrogens with two attached hydrogens (primary N) is 1. The molecule has 0 aliphatic rings. The second kappa shape index (κ2) is 6.09. The van der Waals surface area contributed by atoms with Crippen LogP contribution in [0.25, 0.3) is 0 Å². The van der Waals surface area contributed by atoms with Crippen molar-refractivity contribution >= 4 is 17.3 Å². The molecule has 0 saturated heterocycles. The lowest BCUT2D eigenvalue weighted by atomic mass is 10.2. The summed E-state index contributed by atoms with van der Waals surface area (Å²) in [5.74, 6) is -0.565. The summed E-state index contributed by atoms with van der Waals surface area (Å²) in [6, 6.07) is 4.55. The number of carbonyl (C=O) groups excluding carboxylic acids is 1. The average Bonchev–Trinajstić information content (AvgIpc) is 2.89. The van der Waals surface area contributed by atoms with Gasteiger partial charge in [-0.25, -0.2) is 0 Å². The van der Waals surface area contributed by atoms with Gasteiger partial charge in [0.2, 0.25) is 0 Å². The van der Waals surface area contributed by atoms with Crippen molar-refractivity contribution in [2.24, 2.45) is 5.73 Å². The highest BCUT2D eigenvalue weighted by Crippen LogP contribution is 2.25. The number of nitro groups is 1. The van der Waals surface area contributed by atoms with Crippen LogP contribution in [0.15, 0.2) is 24.4 Å². The second-order valence-corrected chi connectivity index (χ2v) is 4.39. The van der Waals surface area contributed by atoms with Gasteiger partial charge in [-0.15, -0.1) is 5.10 Å². The van der Waals surface area contributed by atoms with Crippen molar-refractivity contribution in [2.75, 3.05) is 11.9 Å². The number of benzene rings is 1. The van der Waals surface area contributed by atoms with E-state index < -0.39 is 10.8 Å². The maximum Gasteiger partial charge on any atom is 0.293 e. The highest BCUT2D eigenvalue weighted by molar-refractivity contribution is 6.03. The molecular formula is C12H14N6O3. The predicted molar refractivity (Wildman–Crippen MR) is 74.9 cm³/mol. The molecule has 0 spiro atoms. The second-order valence-electron chi connectivity index (χ2n) is 4.39. The third-order valence-electron chi connectivity index (χ3n) is 2.73. The number of hydrogen-bond donors (Lipinski definition) is 2. The molecule has 1 aromatic carbocycles. The molecule has 2 rings (SSSR count). The van der Waals surface area contributed by atoms with Crippen LogP contribution < -0.4 is 11.1 Å². The van der Waals surface area contributed by atoms with E-state index in [0.717, 1.165) is 5.56 Å². The fraction of sp³-hybridized carbons (Fsp3) is 0.250. The molecule has 9 heteroatoms. The molecule has 1 heterocycles. The minimum Gasteiger partial charge on any atom is -0.329 e. The highest BCUT2D eigenvalue weighted by Gasteiger charge is 2.18. The van der Waals surface area contributed by atoms with Gasteiger partial charge in [-0.05, 0) is 18.6 Å². The largest absolute Gasteiger partial charge is 0.329 e. The minimum absolute atomic E-state index is 0.0679. The van der Waals surface area contributed by atoms with E-state index in [-0.39, 0.29) is 17.1 Å². The Balaban J connectivity index is 2.20. The van der Waals surface area contributed by atoms with Crippen LogP contribution in [0.3, 0.4) is 0 Å². The summed E-state index contributed by atoms with van der Waals surface area (Å²) < 4.78 is 1.43. The zero-order valence-electron chi connectivity index (χ0n) is 11.3. The third-order valence-corrected chi connectivity index (χ3v) is 2.73. The molecule has 110 valence electrons. The lowest BCUT2D eigenvalue weighted by Gasteiger charge is -2.04. The lowest BCUT2D eigenvalue weighted by Crippen LogP contribution is -2.14. The lowest BCUT2D eigenvalue weighted by molar-refractivity contribution is -0.384. The van der Waals surface area contributed by atoms with E-state index >= 15 is 0 Å². The molecule has 0 saturated carbocycles. The smallest absolute Gasteiger partial charge is 0.293 e. The number of nitro benzene ring substituents is 1. The fourth-order valence-corrected chi connectivity index (χ4v) is 1.73. The topological polar surface area (TPSA) is 129 Å². The van der Waals surface area contributed by atoms with Gasteiger partial charge in [0, 0.05) is 12.6 Å². The van der Waals surface area contributed by atoms with Gasteiger partial charge in [0.1, 0.15) is 5.69 Å². The van der Waals surface area contributed by atoms with Crippen molar-refractivity contribution in [2.45, 2.75) is 13.5 Å².